The standard InChI is InChI=1S/C21H23FN2O4S/c22-18-7-3-16(4-8-18)20(15-1-2-15)23-29(26,27)19-9-5-17(6-10-19)21(25)24-11-13-28-14-12-24/h3-10,15,20,23H,1-2,11-14H2. The van der Waals surface area contributed by atoms with Crippen molar-refractivity contribution in [2.24, 2.45) is 5.92 Å². The highest BCUT2D eigenvalue weighted by Gasteiger charge is 2.35. The highest BCUT2D eigenvalue weighted by atomic mass is 32.2. The van der Waals surface area contributed by atoms with Crippen LogP contribution in [0.1, 0.15) is 34.8 Å². The van der Waals surface area contributed by atoms with E-state index in [1.807, 2.05) is 0 Å². The number of carbonyl (C=O) groups is 1. The number of nitrogens with one attached hydrogen (secondary N) is 1. The van der Waals surface area contributed by atoms with Gasteiger partial charge in [-0.1, -0.05) is 12.1 Å². The summed E-state index contributed by atoms with van der Waals surface area (Å²) in [5.41, 5.74) is 1.19. The topological polar surface area (TPSA) is 75.7 Å². The van der Waals surface area contributed by atoms with Crippen LogP contribution in [0.2, 0.25) is 0 Å². The molecule has 0 aromatic heterocycles. The Bertz CT molecular complexity index is 967. The third kappa shape index (κ3) is 4.66. The van der Waals surface area contributed by atoms with Crippen molar-refractivity contribution in [3.8, 4) is 0 Å². The second-order valence-electron chi connectivity index (χ2n) is 7.42. The number of nitrogens with zero attached hydrogens (tertiary/aromatic N) is 1. The molecule has 1 heterocycles. The second kappa shape index (κ2) is 8.22. The van der Waals surface area contributed by atoms with Crippen molar-refractivity contribution in [1.82, 2.24) is 9.62 Å². The smallest absolute Gasteiger partial charge is 0.254 e. The van der Waals surface area contributed by atoms with Gasteiger partial charge >= 0.3 is 0 Å². The van der Waals surface area contributed by atoms with E-state index in [1.54, 1.807) is 17.0 Å². The highest BCUT2D eigenvalue weighted by Crippen LogP contribution is 2.41. The Balaban J connectivity index is 1.50. The van der Waals surface area contributed by atoms with Crippen LogP contribution in [0.3, 0.4) is 0 Å². The lowest BCUT2D eigenvalue weighted by molar-refractivity contribution is 0.0303. The number of morpholine rings is 1. The van der Waals surface area contributed by atoms with Crippen LogP contribution in [0, 0.1) is 11.7 Å². The Morgan fingerprint density at radius 2 is 1.66 bits per heavy atom. The molecule has 6 nitrogen and oxygen atoms in total. The van der Waals surface area contributed by atoms with Gasteiger partial charge in [-0.05, 0) is 60.7 Å². The fourth-order valence-electron chi connectivity index (χ4n) is 3.50. The monoisotopic (exact) mass is 418 g/mol. The molecule has 0 spiro atoms. The number of hydrogen-bond donors (Lipinski definition) is 1. The van der Waals surface area contributed by atoms with Crippen molar-refractivity contribution < 1.29 is 22.3 Å². The molecule has 2 fully saturated rings. The average Bonchev–Trinajstić information content (AvgIpc) is 3.58. The van der Waals surface area contributed by atoms with E-state index < -0.39 is 16.1 Å². The quantitative estimate of drug-likeness (QED) is 0.783. The largest absolute Gasteiger partial charge is 0.378 e. The predicted octanol–water partition coefficient (Wildman–Crippen LogP) is 2.73. The van der Waals surface area contributed by atoms with E-state index in [1.165, 1.54) is 36.4 Å². The molecule has 1 N–H and O–H groups in total. The normalized spacial score (nSPS) is 18.4. The molecule has 0 radical (unpaired) electrons. The molecule has 1 aliphatic carbocycles. The number of amides is 1. The first kappa shape index (κ1) is 20.0. The summed E-state index contributed by atoms with van der Waals surface area (Å²) < 4.78 is 47.0. The van der Waals surface area contributed by atoms with Gasteiger partial charge in [0.15, 0.2) is 0 Å². The number of benzene rings is 2. The zero-order valence-corrected chi connectivity index (χ0v) is 16.7. The van der Waals surface area contributed by atoms with E-state index in [2.05, 4.69) is 4.72 Å². The summed E-state index contributed by atoms with van der Waals surface area (Å²) in [7, 11) is -3.78. The van der Waals surface area contributed by atoms with Gasteiger partial charge in [-0.2, -0.15) is 0 Å². The van der Waals surface area contributed by atoms with Crippen molar-refractivity contribution in [2.45, 2.75) is 23.8 Å². The summed E-state index contributed by atoms with van der Waals surface area (Å²) in [5, 5.41) is 0. The van der Waals surface area contributed by atoms with Crippen LogP contribution in [0.4, 0.5) is 4.39 Å². The molecule has 2 aliphatic rings. The van der Waals surface area contributed by atoms with Crippen LogP contribution < -0.4 is 4.72 Å². The van der Waals surface area contributed by atoms with E-state index in [0.717, 1.165) is 18.4 Å². The molecule has 1 saturated heterocycles. The molecule has 1 atom stereocenters. The van der Waals surface area contributed by atoms with Gasteiger partial charge in [-0.25, -0.2) is 17.5 Å². The van der Waals surface area contributed by atoms with E-state index in [4.69, 9.17) is 4.74 Å². The van der Waals surface area contributed by atoms with Crippen LogP contribution in [0.5, 0.6) is 0 Å². The van der Waals surface area contributed by atoms with Crippen molar-refractivity contribution in [2.75, 3.05) is 26.3 Å². The van der Waals surface area contributed by atoms with Crippen molar-refractivity contribution in [1.29, 1.82) is 0 Å². The number of hydrogen-bond acceptors (Lipinski definition) is 4. The minimum atomic E-state index is -3.78. The Kier molecular flexibility index (Phi) is 5.67. The first-order valence-corrected chi connectivity index (χ1v) is 11.2. The molecular weight excluding hydrogens is 395 g/mol. The number of carbonyl (C=O) groups excluding carboxylic acids is 1. The van der Waals surface area contributed by atoms with Crippen LogP contribution in [0.25, 0.3) is 0 Å². The summed E-state index contributed by atoms with van der Waals surface area (Å²) in [5.74, 6) is -0.281. The SMILES string of the molecule is O=C(c1ccc(S(=O)(=O)NC(c2ccc(F)cc2)C2CC2)cc1)N1CCOCC1. The molecule has 1 aliphatic heterocycles. The van der Waals surface area contributed by atoms with Crippen LogP contribution >= 0.6 is 0 Å². The Hall–Kier alpha value is -2.29. The Morgan fingerprint density at radius 1 is 1.03 bits per heavy atom. The highest BCUT2D eigenvalue weighted by molar-refractivity contribution is 7.89. The zero-order chi connectivity index (χ0) is 20.4. The molecule has 1 unspecified atom stereocenters. The summed E-state index contributed by atoms with van der Waals surface area (Å²) in [6, 6.07) is 11.5. The van der Waals surface area contributed by atoms with Gasteiger partial charge in [0.1, 0.15) is 5.82 Å². The molecule has 4 rings (SSSR count). The predicted molar refractivity (Wildman–Crippen MR) is 105 cm³/mol. The maximum Gasteiger partial charge on any atom is 0.254 e. The molecule has 29 heavy (non-hydrogen) atoms. The summed E-state index contributed by atoms with van der Waals surface area (Å²) in [6.07, 6.45) is 1.86. The van der Waals surface area contributed by atoms with Gasteiger partial charge in [0.2, 0.25) is 10.0 Å². The number of ether oxygens (including phenoxy) is 1. The van der Waals surface area contributed by atoms with E-state index in [0.29, 0.717) is 31.9 Å². The molecule has 154 valence electrons. The van der Waals surface area contributed by atoms with E-state index in [9.17, 15) is 17.6 Å². The molecule has 1 saturated carbocycles. The second-order valence-corrected chi connectivity index (χ2v) is 9.13. The lowest BCUT2D eigenvalue weighted by Gasteiger charge is -2.26. The molecule has 0 bridgehead atoms. The van der Waals surface area contributed by atoms with E-state index in [-0.39, 0.29) is 22.5 Å². The summed E-state index contributed by atoms with van der Waals surface area (Å²) in [6.45, 7) is 2.07. The van der Waals surface area contributed by atoms with Crippen LogP contribution in [0.15, 0.2) is 53.4 Å². The molecule has 1 amide bonds. The van der Waals surface area contributed by atoms with Gasteiger partial charge in [0.05, 0.1) is 18.1 Å². The fraction of sp³-hybridized carbons (Fsp3) is 0.381. The number of sulfonamides is 1. The lowest BCUT2D eigenvalue weighted by atomic mass is 10.0. The van der Waals surface area contributed by atoms with Gasteiger partial charge in [0, 0.05) is 24.7 Å². The summed E-state index contributed by atoms with van der Waals surface area (Å²) >= 11 is 0. The van der Waals surface area contributed by atoms with Crippen LogP contribution in [-0.2, 0) is 14.8 Å². The van der Waals surface area contributed by atoms with Gasteiger partial charge in [-0.3, -0.25) is 4.79 Å². The maximum atomic E-state index is 13.2. The molecule has 2 aromatic carbocycles. The Morgan fingerprint density at radius 3 is 2.24 bits per heavy atom. The average molecular weight is 418 g/mol. The van der Waals surface area contributed by atoms with Gasteiger partial charge in [0.25, 0.3) is 5.91 Å². The fourth-order valence-corrected chi connectivity index (χ4v) is 4.79. The maximum absolute atomic E-state index is 13.2. The molecular formula is C21H23FN2O4S. The third-order valence-corrected chi connectivity index (χ3v) is 6.77. The summed E-state index contributed by atoms with van der Waals surface area (Å²) in [4.78, 5) is 14.3. The third-order valence-electron chi connectivity index (χ3n) is 5.31. The molecule has 8 heteroatoms. The number of rotatable bonds is 6. The van der Waals surface area contributed by atoms with Crippen LogP contribution in [-0.4, -0.2) is 45.5 Å². The zero-order valence-electron chi connectivity index (χ0n) is 15.9. The number of halogens is 1. The first-order chi connectivity index (χ1) is 13.9. The minimum Gasteiger partial charge on any atom is -0.378 e. The first-order valence-electron chi connectivity index (χ1n) is 9.69. The van der Waals surface area contributed by atoms with Crippen molar-refractivity contribution >= 4 is 15.9 Å². The lowest BCUT2D eigenvalue weighted by Crippen LogP contribution is -2.40. The van der Waals surface area contributed by atoms with E-state index >= 15 is 0 Å². The Labute approximate surface area is 169 Å². The van der Waals surface area contributed by atoms with Crippen molar-refractivity contribution in [3.63, 3.8) is 0 Å². The van der Waals surface area contributed by atoms with Gasteiger partial charge < -0.3 is 9.64 Å². The molecule has 2 aromatic rings. The minimum absolute atomic E-state index is 0.101. The van der Waals surface area contributed by atoms with Crippen molar-refractivity contribution in [3.05, 3.63) is 65.5 Å². The van der Waals surface area contributed by atoms with Gasteiger partial charge in [-0.15, -0.1) is 0 Å².